The molecule has 0 amide bonds. The first-order chi connectivity index (χ1) is 9.19. The Bertz CT molecular complexity index is 556. The van der Waals surface area contributed by atoms with Gasteiger partial charge in [0, 0.05) is 13.1 Å². The maximum Gasteiger partial charge on any atom is 0.240 e. The minimum absolute atomic E-state index is 0.401. The lowest BCUT2D eigenvalue weighted by atomic mass is 10.1. The number of aliphatic imine (C=N–C) groups is 2. The highest BCUT2D eigenvalue weighted by atomic mass is 16.1. The van der Waals surface area contributed by atoms with Crippen molar-refractivity contribution in [1.82, 2.24) is 0 Å². The molecule has 0 radical (unpaired) electrons. The van der Waals surface area contributed by atoms with Gasteiger partial charge in [-0.25, -0.2) is 9.59 Å². The molecule has 0 spiro atoms. The van der Waals surface area contributed by atoms with E-state index in [1.54, 1.807) is 6.07 Å². The smallest absolute Gasteiger partial charge is 0.240 e. The van der Waals surface area contributed by atoms with E-state index in [1.165, 1.54) is 12.2 Å². The summed E-state index contributed by atoms with van der Waals surface area (Å²) in [7, 11) is 0. The SMILES string of the molecule is CCNc1cc(C)c(N=C=O)c(NCC)c1N=C=O. The summed E-state index contributed by atoms with van der Waals surface area (Å²) in [6.07, 6.45) is 3.04. The fourth-order valence-corrected chi connectivity index (χ4v) is 1.82. The van der Waals surface area contributed by atoms with E-state index in [-0.39, 0.29) is 0 Å². The van der Waals surface area contributed by atoms with Crippen LogP contribution in [0.25, 0.3) is 0 Å². The maximum absolute atomic E-state index is 10.6. The molecule has 0 aliphatic heterocycles. The highest BCUT2D eigenvalue weighted by Crippen LogP contribution is 2.43. The van der Waals surface area contributed by atoms with E-state index in [0.29, 0.717) is 35.8 Å². The molecule has 1 aromatic carbocycles. The van der Waals surface area contributed by atoms with E-state index in [4.69, 9.17) is 0 Å². The van der Waals surface area contributed by atoms with Gasteiger partial charge in [0.2, 0.25) is 12.2 Å². The Hall–Kier alpha value is -2.42. The van der Waals surface area contributed by atoms with Crippen LogP contribution in [0.3, 0.4) is 0 Å². The fourth-order valence-electron chi connectivity index (χ4n) is 1.82. The summed E-state index contributed by atoms with van der Waals surface area (Å²) in [4.78, 5) is 28.5. The quantitative estimate of drug-likeness (QED) is 0.608. The van der Waals surface area contributed by atoms with E-state index < -0.39 is 0 Å². The number of nitrogens with zero attached hydrogens (tertiary/aromatic N) is 2. The van der Waals surface area contributed by atoms with Gasteiger partial charge in [-0.3, -0.25) is 0 Å². The van der Waals surface area contributed by atoms with Crippen molar-refractivity contribution in [2.75, 3.05) is 23.7 Å². The molecular weight excluding hydrogens is 244 g/mol. The second-order valence-corrected chi connectivity index (χ2v) is 3.78. The predicted molar refractivity (Wildman–Crippen MR) is 75.1 cm³/mol. The van der Waals surface area contributed by atoms with Gasteiger partial charge in [-0.15, -0.1) is 0 Å². The molecule has 0 saturated carbocycles. The fraction of sp³-hybridized carbons (Fsp3) is 0.385. The third-order valence-corrected chi connectivity index (χ3v) is 2.50. The van der Waals surface area contributed by atoms with Crippen molar-refractivity contribution in [3.05, 3.63) is 11.6 Å². The molecule has 1 aromatic rings. The van der Waals surface area contributed by atoms with Crippen LogP contribution in [0.5, 0.6) is 0 Å². The molecule has 0 heterocycles. The third kappa shape index (κ3) is 3.28. The van der Waals surface area contributed by atoms with E-state index in [2.05, 4.69) is 20.6 Å². The number of aryl methyl sites for hydroxylation is 1. The van der Waals surface area contributed by atoms with Gasteiger partial charge in [0.25, 0.3) is 0 Å². The van der Waals surface area contributed by atoms with Gasteiger partial charge in [-0.1, -0.05) is 0 Å². The first kappa shape index (κ1) is 14.6. The number of isocyanates is 2. The lowest BCUT2D eigenvalue weighted by Gasteiger charge is -2.16. The van der Waals surface area contributed by atoms with Gasteiger partial charge in [0.1, 0.15) is 11.4 Å². The minimum atomic E-state index is 0.401. The van der Waals surface area contributed by atoms with E-state index in [0.717, 1.165) is 5.56 Å². The molecule has 0 aliphatic carbocycles. The van der Waals surface area contributed by atoms with Gasteiger partial charge >= 0.3 is 0 Å². The molecule has 0 fully saturated rings. The van der Waals surface area contributed by atoms with Crippen molar-refractivity contribution in [2.24, 2.45) is 9.98 Å². The second kappa shape index (κ2) is 7.11. The van der Waals surface area contributed by atoms with Gasteiger partial charge in [0.05, 0.1) is 11.4 Å². The van der Waals surface area contributed by atoms with Gasteiger partial charge < -0.3 is 10.6 Å². The molecule has 19 heavy (non-hydrogen) atoms. The summed E-state index contributed by atoms with van der Waals surface area (Å²) < 4.78 is 0. The van der Waals surface area contributed by atoms with Gasteiger partial charge in [0.15, 0.2) is 0 Å². The van der Waals surface area contributed by atoms with Crippen molar-refractivity contribution in [1.29, 1.82) is 0 Å². The Morgan fingerprint density at radius 2 is 1.63 bits per heavy atom. The number of nitrogens with one attached hydrogen (secondary N) is 2. The first-order valence-corrected chi connectivity index (χ1v) is 6.00. The first-order valence-electron chi connectivity index (χ1n) is 6.00. The number of rotatable bonds is 6. The molecule has 6 heteroatoms. The lowest BCUT2D eigenvalue weighted by Crippen LogP contribution is -2.03. The van der Waals surface area contributed by atoms with Crippen molar-refractivity contribution in [2.45, 2.75) is 20.8 Å². The standard InChI is InChI=1S/C13H16N4O2/c1-4-14-10-6-9(3)11(16-7-18)13(15-5-2)12(10)17-8-19/h6,14-15H,4-5H2,1-3H3. The van der Waals surface area contributed by atoms with E-state index in [1.807, 2.05) is 20.8 Å². The molecule has 6 nitrogen and oxygen atoms in total. The van der Waals surface area contributed by atoms with Crippen LogP contribution < -0.4 is 10.6 Å². The Morgan fingerprint density at radius 3 is 2.16 bits per heavy atom. The average molecular weight is 260 g/mol. The van der Waals surface area contributed by atoms with E-state index >= 15 is 0 Å². The Morgan fingerprint density at radius 1 is 1.05 bits per heavy atom. The zero-order valence-corrected chi connectivity index (χ0v) is 11.2. The number of benzene rings is 1. The predicted octanol–water partition coefficient (Wildman–Crippen LogP) is 2.79. The molecule has 1 rings (SSSR count). The number of carbonyl (C=O) groups excluding carboxylic acids is 2. The number of hydrogen-bond donors (Lipinski definition) is 2. The summed E-state index contributed by atoms with van der Waals surface area (Å²) in [5, 5.41) is 6.19. The van der Waals surface area contributed by atoms with Crippen LogP contribution in [-0.4, -0.2) is 25.2 Å². The van der Waals surface area contributed by atoms with E-state index in [9.17, 15) is 9.59 Å². The van der Waals surface area contributed by atoms with Crippen LogP contribution in [0.15, 0.2) is 16.1 Å². The lowest BCUT2D eigenvalue weighted by molar-refractivity contribution is 0.565. The number of hydrogen-bond acceptors (Lipinski definition) is 6. The Kier molecular flexibility index (Phi) is 5.48. The zero-order valence-electron chi connectivity index (χ0n) is 11.2. The monoisotopic (exact) mass is 260 g/mol. The van der Waals surface area contributed by atoms with Crippen LogP contribution in [0.4, 0.5) is 22.7 Å². The summed E-state index contributed by atoms with van der Waals surface area (Å²) >= 11 is 0. The normalized spacial score (nSPS) is 9.21. The summed E-state index contributed by atoms with van der Waals surface area (Å²) in [6.45, 7) is 6.96. The van der Waals surface area contributed by atoms with Crippen molar-refractivity contribution < 1.29 is 9.59 Å². The molecule has 100 valence electrons. The van der Waals surface area contributed by atoms with Crippen LogP contribution in [0.1, 0.15) is 19.4 Å². The van der Waals surface area contributed by atoms with Gasteiger partial charge in [-0.2, -0.15) is 9.98 Å². The molecule has 0 atom stereocenters. The molecular formula is C13H16N4O2. The molecule has 0 saturated heterocycles. The van der Waals surface area contributed by atoms with Crippen LogP contribution >= 0.6 is 0 Å². The highest BCUT2D eigenvalue weighted by Gasteiger charge is 2.15. The Balaban J connectivity index is 3.63. The van der Waals surface area contributed by atoms with Crippen molar-refractivity contribution in [3.8, 4) is 0 Å². The van der Waals surface area contributed by atoms with Crippen LogP contribution in [-0.2, 0) is 9.59 Å². The third-order valence-electron chi connectivity index (χ3n) is 2.50. The average Bonchev–Trinajstić information content (AvgIpc) is 2.38. The topological polar surface area (TPSA) is 82.9 Å². The molecule has 0 aliphatic rings. The highest BCUT2D eigenvalue weighted by molar-refractivity contribution is 5.91. The molecule has 0 aromatic heterocycles. The molecule has 0 bridgehead atoms. The van der Waals surface area contributed by atoms with Crippen LogP contribution in [0.2, 0.25) is 0 Å². The summed E-state index contributed by atoms with van der Waals surface area (Å²) in [5.74, 6) is 0. The molecule has 0 unspecified atom stereocenters. The second-order valence-electron chi connectivity index (χ2n) is 3.78. The van der Waals surface area contributed by atoms with Gasteiger partial charge in [-0.05, 0) is 32.4 Å². The molecule has 2 N–H and O–H groups in total. The zero-order chi connectivity index (χ0) is 14.3. The maximum atomic E-state index is 10.6. The van der Waals surface area contributed by atoms with Crippen LogP contribution in [0, 0.1) is 6.92 Å². The summed E-state index contributed by atoms with van der Waals surface area (Å²) in [6, 6.07) is 1.79. The largest absolute Gasteiger partial charge is 0.383 e. The number of anilines is 2. The Labute approximate surface area is 111 Å². The van der Waals surface area contributed by atoms with Crippen molar-refractivity contribution in [3.63, 3.8) is 0 Å². The minimum Gasteiger partial charge on any atom is -0.383 e. The summed E-state index contributed by atoms with van der Waals surface area (Å²) in [5.41, 5.74) is 2.86. The van der Waals surface area contributed by atoms with Crippen molar-refractivity contribution >= 4 is 34.9 Å².